The highest BCUT2D eigenvalue weighted by atomic mass is 79.9. The van der Waals surface area contributed by atoms with Crippen molar-refractivity contribution in [3.8, 4) is 0 Å². The predicted molar refractivity (Wildman–Crippen MR) is 73.8 cm³/mol. The van der Waals surface area contributed by atoms with E-state index in [-0.39, 0.29) is 0 Å². The van der Waals surface area contributed by atoms with Gasteiger partial charge in [-0.1, -0.05) is 32.4 Å². The molecule has 3 aromatic rings. The SMILES string of the molecule is Brc1ccc2nc(NCCc3ncno3)sc2c1. The summed E-state index contributed by atoms with van der Waals surface area (Å²) in [7, 11) is 0. The molecule has 0 unspecified atom stereocenters. The van der Waals surface area contributed by atoms with Crippen LogP contribution in [0.4, 0.5) is 5.13 Å². The van der Waals surface area contributed by atoms with Crippen molar-refractivity contribution in [1.82, 2.24) is 15.1 Å². The Balaban J connectivity index is 1.67. The Bertz CT molecular complexity index is 652. The quantitative estimate of drug-likeness (QED) is 0.798. The number of hydrogen-bond donors (Lipinski definition) is 1. The van der Waals surface area contributed by atoms with Crippen molar-refractivity contribution < 1.29 is 4.52 Å². The predicted octanol–water partition coefficient (Wildman–Crippen LogP) is 3.10. The molecule has 0 fully saturated rings. The van der Waals surface area contributed by atoms with Gasteiger partial charge in [0.2, 0.25) is 5.89 Å². The zero-order chi connectivity index (χ0) is 12.4. The molecule has 0 saturated carbocycles. The molecule has 7 heteroatoms. The second-order valence-electron chi connectivity index (χ2n) is 3.64. The number of anilines is 1. The maximum absolute atomic E-state index is 4.92. The molecular weight excluding hydrogens is 316 g/mol. The summed E-state index contributed by atoms with van der Waals surface area (Å²) in [5.41, 5.74) is 1.00. The smallest absolute Gasteiger partial charge is 0.228 e. The molecule has 18 heavy (non-hydrogen) atoms. The first kappa shape index (κ1) is 11.6. The number of nitrogens with zero attached hydrogens (tertiary/aromatic N) is 3. The van der Waals surface area contributed by atoms with E-state index in [4.69, 9.17) is 4.52 Å². The lowest BCUT2D eigenvalue weighted by Crippen LogP contribution is -2.04. The van der Waals surface area contributed by atoms with Crippen molar-refractivity contribution in [2.24, 2.45) is 0 Å². The normalized spacial score (nSPS) is 10.9. The lowest BCUT2D eigenvalue weighted by molar-refractivity contribution is 0.380. The zero-order valence-corrected chi connectivity index (χ0v) is 11.7. The fraction of sp³-hybridized carbons (Fsp3) is 0.182. The number of rotatable bonds is 4. The largest absolute Gasteiger partial charge is 0.361 e. The van der Waals surface area contributed by atoms with E-state index in [0.717, 1.165) is 26.4 Å². The third-order valence-corrected chi connectivity index (χ3v) is 3.84. The summed E-state index contributed by atoms with van der Waals surface area (Å²) in [4.78, 5) is 8.45. The van der Waals surface area contributed by atoms with Crippen LogP contribution in [0.15, 0.2) is 33.5 Å². The molecule has 0 aliphatic heterocycles. The number of benzene rings is 1. The van der Waals surface area contributed by atoms with E-state index in [1.54, 1.807) is 11.3 Å². The van der Waals surface area contributed by atoms with E-state index < -0.39 is 0 Å². The molecular formula is C11H9BrN4OS. The van der Waals surface area contributed by atoms with Gasteiger partial charge in [-0.05, 0) is 18.2 Å². The molecule has 1 N–H and O–H groups in total. The highest BCUT2D eigenvalue weighted by Gasteiger charge is 2.04. The molecule has 2 aromatic heterocycles. The minimum atomic E-state index is 0.631. The third-order valence-electron chi connectivity index (χ3n) is 2.37. The van der Waals surface area contributed by atoms with Gasteiger partial charge < -0.3 is 9.84 Å². The fourth-order valence-corrected chi connectivity index (χ4v) is 3.00. The van der Waals surface area contributed by atoms with E-state index in [1.807, 2.05) is 12.1 Å². The number of halogens is 1. The number of thiazole rings is 1. The van der Waals surface area contributed by atoms with Gasteiger partial charge in [-0.3, -0.25) is 0 Å². The van der Waals surface area contributed by atoms with Crippen LogP contribution < -0.4 is 5.32 Å². The first-order valence-corrected chi connectivity index (χ1v) is 6.98. The molecule has 0 spiro atoms. The summed E-state index contributed by atoms with van der Waals surface area (Å²) in [6.45, 7) is 0.725. The number of fused-ring (bicyclic) bond motifs is 1. The first-order chi connectivity index (χ1) is 8.81. The maximum atomic E-state index is 4.92. The number of aromatic nitrogens is 3. The van der Waals surface area contributed by atoms with Crippen LogP contribution in [-0.4, -0.2) is 21.7 Å². The summed E-state index contributed by atoms with van der Waals surface area (Å²) < 4.78 is 7.14. The van der Waals surface area contributed by atoms with Crippen molar-refractivity contribution in [1.29, 1.82) is 0 Å². The molecule has 92 valence electrons. The van der Waals surface area contributed by atoms with Gasteiger partial charge in [0.15, 0.2) is 11.5 Å². The Hall–Kier alpha value is -1.47. The van der Waals surface area contributed by atoms with Crippen molar-refractivity contribution in [2.45, 2.75) is 6.42 Å². The Morgan fingerprint density at radius 1 is 1.39 bits per heavy atom. The zero-order valence-electron chi connectivity index (χ0n) is 9.26. The van der Waals surface area contributed by atoms with Crippen LogP contribution in [0.1, 0.15) is 5.89 Å². The summed E-state index contributed by atoms with van der Waals surface area (Å²) >= 11 is 5.08. The molecule has 3 rings (SSSR count). The van der Waals surface area contributed by atoms with Gasteiger partial charge in [-0.2, -0.15) is 4.98 Å². The van der Waals surface area contributed by atoms with Crippen molar-refractivity contribution in [3.63, 3.8) is 0 Å². The molecule has 0 radical (unpaired) electrons. The molecule has 0 aliphatic carbocycles. The molecule has 0 saturated heterocycles. The minimum Gasteiger partial charge on any atom is -0.361 e. The van der Waals surface area contributed by atoms with Crippen LogP contribution in [0, 0.1) is 0 Å². The van der Waals surface area contributed by atoms with Crippen molar-refractivity contribution in [2.75, 3.05) is 11.9 Å². The Morgan fingerprint density at radius 2 is 2.33 bits per heavy atom. The summed E-state index contributed by atoms with van der Waals surface area (Å²) in [5.74, 6) is 0.631. The lowest BCUT2D eigenvalue weighted by Gasteiger charge is -1.97. The Labute approximate surface area is 115 Å². The van der Waals surface area contributed by atoms with Crippen molar-refractivity contribution >= 4 is 42.6 Å². The second kappa shape index (κ2) is 5.03. The first-order valence-electron chi connectivity index (χ1n) is 5.37. The van der Waals surface area contributed by atoms with Crippen LogP contribution in [-0.2, 0) is 6.42 Å². The molecule has 2 heterocycles. The highest BCUT2D eigenvalue weighted by molar-refractivity contribution is 9.10. The second-order valence-corrected chi connectivity index (χ2v) is 5.59. The van der Waals surface area contributed by atoms with Crippen LogP contribution >= 0.6 is 27.3 Å². The number of nitrogens with one attached hydrogen (secondary N) is 1. The minimum absolute atomic E-state index is 0.631. The van der Waals surface area contributed by atoms with Gasteiger partial charge in [0.1, 0.15) is 0 Å². The van der Waals surface area contributed by atoms with Crippen LogP contribution in [0.5, 0.6) is 0 Å². The van der Waals surface area contributed by atoms with Gasteiger partial charge in [0.25, 0.3) is 0 Å². The number of hydrogen-bond acceptors (Lipinski definition) is 6. The van der Waals surface area contributed by atoms with Crippen LogP contribution in [0.2, 0.25) is 0 Å². The van der Waals surface area contributed by atoms with Gasteiger partial charge in [-0.25, -0.2) is 4.98 Å². The van der Waals surface area contributed by atoms with Crippen LogP contribution in [0.25, 0.3) is 10.2 Å². The lowest BCUT2D eigenvalue weighted by atomic mass is 10.3. The molecule has 0 aliphatic rings. The molecule has 5 nitrogen and oxygen atoms in total. The molecule has 0 amide bonds. The summed E-state index contributed by atoms with van der Waals surface area (Å²) in [5, 5.41) is 7.72. The van der Waals surface area contributed by atoms with Gasteiger partial charge >= 0.3 is 0 Å². The summed E-state index contributed by atoms with van der Waals surface area (Å²) in [6.07, 6.45) is 2.10. The Kier molecular flexibility index (Phi) is 3.24. The van der Waals surface area contributed by atoms with Gasteiger partial charge in [0, 0.05) is 17.4 Å². The average molecular weight is 325 g/mol. The summed E-state index contributed by atoms with van der Waals surface area (Å²) in [6, 6.07) is 6.06. The van der Waals surface area contributed by atoms with E-state index in [9.17, 15) is 0 Å². The fourth-order valence-electron chi connectivity index (χ4n) is 1.56. The highest BCUT2D eigenvalue weighted by Crippen LogP contribution is 2.28. The van der Waals surface area contributed by atoms with E-state index in [2.05, 4.69) is 42.4 Å². The monoisotopic (exact) mass is 324 g/mol. The average Bonchev–Trinajstić information content (AvgIpc) is 2.97. The molecule has 0 bridgehead atoms. The van der Waals surface area contributed by atoms with Crippen LogP contribution in [0.3, 0.4) is 0 Å². The standard InChI is InChI=1S/C11H9BrN4OS/c12-7-1-2-8-9(5-7)18-11(16-8)13-4-3-10-14-6-15-17-10/h1-2,5-6H,3-4H2,(H,13,16). The van der Waals surface area contributed by atoms with E-state index >= 15 is 0 Å². The van der Waals surface area contributed by atoms with Gasteiger partial charge in [-0.15, -0.1) is 0 Å². The van der Waals surface area contributed by atoms with E-state index in [0.29, 0.717) is 12.3 Å². The Morgan fingerprint density at radius 3 is 3.17 bits per heavy atom. The van der Waals surface area contributed by atoms with Crippen molar-refractivity contribution in [3.05, 3.63) is 34.9 Å². The molecule has 0 atom stereocenters. The third kappa shape index (κ3) is 2.51. The van der Waals surface area contributed by atoms with Gasteiger partial charge in [0.05, 0.1) is 10.2 Å². The van der Waals surface area contributed by atoms with E-state index in [1.165, 1.54) is 6.33 Å². The maximum Gasteiger partial charge on any atom is 0.228 e. The molecule has 1 aromatic carbocycles. The topological polar surface area (TPSA) is 63.8 Å².